The number of carbonyl (C=O) groups is 1. The number of benzene rings is 2. The van der Waals surface area contributed by atoms with Crippen LogP contribution in [0.4, 0.5) is 5.69 Å². The van der Waals surface area contributed by atoms with E-state index in [1.807, 2.05) is 46.9 Å². The van der Waals surface area contributed by atoms with Crippen molar-refractivity contribution in [3.05, 3.63) is 64.4 Å². The number of amides is 1. The van der Waals surface area contributed by atoms with Gasteiger partial charge in [0, 0.05) is 25.9 Å². The third kappa shape index (κ3) is 4.94. The minimum atomic E-state index is -0.133. The van der Waals surface area contributed by atoms with Crippen molar-refractivity contribution in [1.82, 2.24) is 19.2 Å². The quantitative estimate of drug-likeness (QED) is 0.297. The van der Waals surface area contributed by atoms with E-state index in [0.717, 1.165) is 11.2 Å². The fourth-order valence-corrected chi connectivity index (χ4v) is 4.41. The number of rotatable bonds is 9. The molecule has 0 bridgehead atoms. The van der Waals surface area contributed by atoms with Gasteiger partial charge in [0.15, 0.2) is 5.16 Å². The van der Waals surface area contributed by atoms with Crippen LogP contribution in [0.15, 0.2) is 58.5 Å². The first-order valence-electron chi connectivity index (χ1n) is 10.9. The van der Waals surface area contributed by atoms with Gasteiger partial charge >= 0.3 is 0 Å². The third-order valence-electron chi connectivity index (χ3n) is 5.40. The molecule has 0 saturated heterocycles. The number of para-hydroxylation sites is 1. The number of hydrogen-bond acceptors (Lipinski definition) is 6. The van der Waals surface area contributed by atoms with Crippen LogP contribution in [0.25, 0.3) is 16.7 Å². The summed E-state index contributed by atoms with van der Waals surface area (Å²) in [4.78, 5) is 25.6. The highest BCUT2D eigenvalue weighted by molar-refractivity contribution is 7.99. The molecule has 4 rings (SSSR count). The van der Waals surface area contributed by atoms with Gasteiger partial charge < -0.3 is 10.1 Å². The summed E-state index contributed by atoms with van der Waals surface area (Å²) in [6.07, 6.45) is 0.678. The Morgan fingerprint density at radius 2 is 1.88 bits per heavy atom. The molecule has 0 saturated carbocycles. The van der Waals surface area contributed by atoms with Gasteiger partial charge in [-0.25, -0.2) is 0 Å². The molecule has 0 atom stereocenters. The molecule has 4 aromatic rings. The number of carbonyl (C=O) groups excluding carboxylic acids is 1. The predicted octanol–water partition coefficient (Wildman–Crippen LogP) is 3.93. The van der Waals surface area contributed by atoms with Crippen LogP contribution in [0.3, 0.4) is 0 Å². The molecule has 9 heteroatoms. The number of aryl methyl sites for hydroxylation is 1. The Morgan fingerprint density at radius 3 is 2.61 bits per heavy atom. The molecule has 1 N–H and O–H groups in total. The average molecular weight is 466 g/mol. The molecule has 2 aromatic carbocycles. The van der Waals surface area contributed by atoms with Crippen molar-refractivity contribution < 1.29 is 9.53 Å². The van der Waals surface area contributed by atoms with Crippen LogP contribution in [0.2, 0.25) is 0 Å². The van der Waals surface area contributed by atoms with Crippen LogP contribution in [0.5, 0.6) is 0 Å². The Hall–Kier alpha value is -3.17. The van der Waals surface area contributed by atoms with E-state index in [9.17, 15) is 9.59 Å². The monoisotopic (exact) mass is 465 g/mol. The molecule has 0 radical (unpaired) electrons. The molecule has 2 heterocycles. The number of anilines is 1. The lowest BCUT2D eigenvalue weighted by molar-refractivity contribution is -0.113. The van der Waals surface area contributed by atoms with Crippen molar-refractivity contribution in [2.24, 2.45) is 0 Å². The Bertz CT molecular complexity index is 1330. The Balaban J connectivity index is 1.58. The summed E-state index contributed by atoms with van der Waals surface area (Å²) in [7, 11) is 1.63. The number of fused-ring (bicyclic) bond motifs is 3. The zero-order chi connectivity index (χ0) is 23.4. The topological polar surface area (TPSA) is 90.5 Å². The summed E-state index contributed by atoms with van der Waals surface area (Å²) in [5, 5.41) is 12.6. The molecule has 0 unspecified atom stereocenters. The Morgan fingerprint density at radius 1 is 1.12 bits per heavy atom. The van der Waals surface area contributed by atoms with Crippen LogP contribution in [-0.4, -0.2) is 44.5 Å². The second-order valence-electron chi connectivity index (χ2n) is 8.05. The highest BCUT2D eigenvalue weighted by atomic mass is 32.2. The number of nitrogens with one attached hydrogen (secondary N) is 1. The van der Waals surface area contributed by atoms with Crippen molar-refractivity contribution in [2.45, 2.75) is 37.9 Å². The SMILES string of the molecule is COCCCn1c(=O)c2ccccc2n2c(SCC(=O)Nc3ccc(C(C)C)cc3)nnc12. The van der Waals surface area contributed by atoms with E-state index in [1.165, 1.54) is 17.3 Å². The Kier molecular flexibility index (Phi) is 7.10. The van der Waals surface area contributed by atoms with Gasteiger partial charge in [-0.2, -0.15) is 0 Å². The summed E-state index contributed by atoms with van der Waals surface area (Å²) in [6, 6.07) is 15.2. The van der Waals surface area contributed by atoms with Gasteiger partial charge in [0.2, 0.25) is 11.7 Å². The van der Waals surface area contributed by atoms with Gasteiger partial charge in [-0.05, 0) is 42.2 Å². The summed E-state index contributed by atoms with van der Waals surface area (Å²) < 4.78 is 8.60. The van der Waals surface area contributed by atoms with E-state index >= 15 is 0 Å². The number of methoxy groups -OCH3 is 1. The van der Waals surface area contributed by atoms with Crippen molar-refractivity contribution in [3.8, 4) is 0 Å². The van der Waals surface area contributed by atoms with Crippen molar-refractivity contribution in [2.75, 3.05) is 24.8 Å². The van der Waals surface area contributed by atoms with E-state index < -0.39 is 0 Å². The van der Waals surface area contributed by atoms with Crippen LogP contribution in [0.1, 0.15) is 31.7 Å². The molecule has 172 valence electrons. The fraction of sp³-hybridized carbons (Fsp3) is 0.333. The number of thioether (sulfide) groups is 1. The molecule has 0 spiro atoms. The molecule has 8 nitrogen and oxygen atoms in total. The normalized spacial score (nSPS) is 11.5. The minimum absolute atomic E-state index is 0.110. The minimum Gasteiger partial charge on any atom is -0.385 e. The second kappa shape index (κ2) is 10.2. The average Bonchev–Trinajstić information content (AvgIpc) is 3.24. The van der Waals surface area contributed by atoms with Crippen LogP contribution < -0.4 is 10.9 Å². The summed E-state index contributed by atoms with van der Waals surface area (Å²) >= 11 is 1.29. The van der Waals surface area contributed by atoms with E-state index in [2.05, 4.69) is 29.4 Å². The smallest absolute Gasteiger partial charge is 0.262 e. The van der Waals surface area contributed by atoms with Crippen molar-refractivity contribution in [3.63, 3.8) is 0 Å². The number of hydrogen-bond donors (Lipinski definition) is 1. The van der Waals surface area contributed by atoms with Gasteiger partial charge in [-0.15, -0.1) is 10.2 Å². The number of nitrogens with zero attached hydrogens (tertiary/aromatic N) is 4. The first-order valence-corrected chi connectivity index (χ1v) is 11.9. The first-order chi connectivity index (χ1) is 16.0. The van der Waals surface area contributed by atoms with Crippen LogP contribution in [-0.2, 0) is 16.1 Å². The van der Waals surface area contributed by atoms with Gasteiger partial charge in [0.25, 0.3) is 5.56 Å². The molecular weight excluding hydrogens is 438 g/mol. The van der Waals surface area contributed by atoms with Crippen molar-refractivity contribution in [1.29, 1.82) is 0 Å². The molecule has 33 heavy (non-hydrogen) atoms. The fourth-order valence-electron chi connectivity index (χ4n) is 3.67. The number of aromatic nitrogens is 4. The van der Waals surface area contributed by atoms with E-state index in [1.54, 1.807) is 17.7 Å². The first kappa shape index (κ1) is 23.0. The summed E-state index contributed by atoms with van der Waals surface area (Å²) in [5.41, 5.74) is 2.59. The molecule has 0 aliphatic heterocycles. The lowest BCUT2D eigenvalue weighted by Gasteiger charge is -2.11. The maximum absolute atomic E-state index is 13.1. The largest absolute Gasteiger partial charge is 0.385 e. The maximum Gasteiger partial charge on any atom is 0.262 e. The molecule has 2 aromatic heterocycles. The highest BCUT2D eigenvalue weighted by Gasteiger charge is 2.17. The zero-order valence-electron chi connectivity index (χ0n) is 18.9. The van der Waals surface area contributed by atoms with Gasteiger partial charge in [0.05, 0.1) is 16.7 Å². The summed E-state index contributed by atoms with van der Waals surface area (Å²) in [5.74, 6) is 0.936. The predicted molar refractivity (Wildman–Crippen MR) is 131 cm³/mol. The molecular formula is C24H27N5O3S. The standard InChI is InChI=1S/C24H27N5O3S/c1-16(2)17-9-11-18(12-10-17)25-21(30)15-33-24-27-26-23-28(13-6-14-32-3)22(31)19-7-4-5-8-20(19)29(23)24/h4-5,7-12,16H,6,13-15H2,1-3H3,(H,25,30). The van der Waals surface area contributed by atoms with E-state index in [-0.39, 0.29) is 17.2 Å². The maximum atomic E-state index is 13.1. The Labute approximate surface area is 196 Å². The van der Waals surface area contributed by atoms with Crippen LogP contribution in [0, 0.1) is 0 Å². The summed E-state index contributed by atoms with van der Waals surface area (Å²) in [6.45, 7) is 5.28. The molecule has 0 fully saturated rings. The molecule has 1 amide bonds. The lowest BCUT2D eigenvalue weighted by Crippen LogP contribution is -2.24. The van der Waals surface area contributed by atoms with E-state index in [4.69, 9.17) is 4.74 Å². The number of ether oxygens (including phenoxy) is 1. The third-order valence-corrected chi connectivity index (χ3v) is 6.33. The van der Waals surface area contributed by atoms with Gasteiger partial charge in [-0.3, -0.25) is 18.6 Å². The second-order valence-corrected chi connectivity index (χ2v) is 8.99. The lowest BCUT2D eigenvalue weighted by atomic mass is 10.0. The van der Waals surface area contributed by atoms with E-state index in [0.29, 0.717) is 41.8 Å². The molecule has 0 aliphatic carbocycles. The van der Waals surface area contributed by atoms with Gasteiger partial charge in [0.1, 0.15) is 0 Å². The van der Waals surface area contributed by atoms with Gasteiger partial charge in [-0.1, -0.05) is 49.9 Å². The zero-order valence-corrected chi connectivity index (χ0v) is 19.8. The van der Waals surface area contributed by atoms with Crippen molar-refractivity contribution >= 4 is 40.0 Å². The molecule has 0 aliphatic rings. The van der Waals surface area contributed by atoms with Crippen LogP contribution >= 0.6 is 11.8 Å². The highest BCUT2D eigenvalue weighted by Crippen LogP contribution is 2.22.